The first kappa shape index (κ1) is 15.0. The summed E-state index contributed by atoms with van der Waals surface area (Å²) in [6.45, 7) is 4.50. The van der Waals surface area contributed by atoms with Crippen LogP contribution in [0.2, 0.25) is 5.02 Å². The quantitative estimate of drug-likeness (QED) is 0.831. The molecule has 0 saturated heterocycles. The molecule has 4 heteroatoms. The van der Waals surface area contributed by atoms with Crippen molar-refractivity contribution in [1.82, 2.24) is 0 Å². The maximum absolute atomic E-state index is 12.1. The van der Waals surface area contributed by atoms with Crippen LogP contribution in [0.4, 0.5) is 5.69 Å². The number of halogens is 1. The predicted molar refractivity (Wildman–Crippen MR) is 76.9 cm³/mol. The summed E-state index contributed by atoms with van der Waals surface area (Å²) in [6, 6.07) is 5.52. The van der Waals surface area contributed by atoms with Gasteiger partial charge in [0.15, 0.2) is 0 Å². The number of nitrogens with one attached hydrogen (secondary N) is 1. The molecule has 1 rings (SSSR count). The smallest absolute Gasteiger partial charge is 0.227 e. The predicted octanol–water partition coefficient (Wildman–Crippen LogP) is 3.35. The van der Waals surface area contributed by atoms with Crippen LogP contribution in [0.15, 0.2) is 18.2 Å². The second-order valence-electron chi connectivity index (χ2n) is 4.46. The number of hydrogen-bond donors (Lipinski definition) is 2. The summed E-state index contributed by atoms with van der Waals surface area (Å²) in [7, 11) is 0. The molecule has 0 spiro atoms. The number of amides is 1. The van der Waals surface area contributed by atoms with Crippen LogP contribution >= 0.6 is 11.6 Å². The van der Waals surface area contributed by atoms with E-state index >= 15 is 0 Å². The van der Waals surface area contributed by atoms with Gasteiger partial charge in [-0.25, -0.2) is 0 Å². The number of benzene rings is 1. The van der Waals surface area contributed by atoms with E-state index in [4.69, 9.17) is 17.3 Å². The van der Waals surface area contributed by atoms with Crippen LogP contribution in [-0.4, -0.2) is 12.5 Å². The lowest BCUT2D eigenvalue weighted by Gasteiger charge is -2.16. The van der Waals surface area contributed by atoms with Gasteiger partial charge in [-0.3, -0.25) is 4.79 Å². The molecule has 1 amide bonds. The highest BCUT2D eigenvalue weighted by Gasteiger charge is 2.17. The van der Waals surface area contributed by atoms with Crippen molar-refractivity contribution in [1.29, 1.82) is 0 Å². The minimum Gasteiger partial charge on any atom is -0.330 e. The molecule has 100 valence electrons. The number of anilines is 1. The largest absolute Gasteiger partial charge is 0.330 e. The molecule has 0 radical (unpaired) electrons. The van der Waals surface area contributed by atoms with Gasteiger partial charge in [0, 0.05) is 16.6 Å². The van der Waals surface area contributed by atoms with Gasteiger partial charge in [0.25, 0.3) is 0 Å². The standard InChI is InChI=1S/C14H21ClN2O/c1-3-5-11(8-9-16)14(18)17-13-7-4-6-12(15)10(13)2/h4,6-7,11H,3,5,8-9,16H2,1-2H3,(H,17,18). The number of carbonyl (C=O) groups is 1. The number of hydrogen-bond acceptors (Lipinski definition) is 2. The molecule has 3 N–H and O–H groups in total. The number of carbonyl (C=O) groups excluding carboxylic acids is 1. The number of rotatable bonds is 6. The van der Waals surface area contributed by atoms with Crippen LogP contribution in [0.1, 0.15) is 31.7 Å². The first-order valence-electron chi connectivity index (χ1n) is 6.36. The molecule has 1 unspecified atom stereocenters. The molecule has 0 fully saturated rings. The van der Waals surface area contributed by atoms with Crippen LogP contribution < -0.4 is 11.1 Å². The van der Waals surface area contributed by atoms with E-state index in [1.165, 1.54) is 0 Å². The maximum atomic E-state index is 12.1. The van der Waals surface area contributed by atoms with E-state index in [0.29, 0.717) is 11.6 Å². The Balaban J connectivity index is 2.75. The fraction of sp³-hybridized carbons (Fsp3) is 0.500. The fourth-order valence-corrected chi connectivity index (χ4v) is 2.11. The molecule has 18 heavy (non-hydrogen) atoms. The molecule has 0 aliphatic carbocycles. The summed E-state index contributed by atoms with van der Waals surface area (Å²) < 4.78 is 0. The van der Waals surface area contributed by atoms with Gasteiger partial charge >= 0.3 is 0 Å². The van der Waals surface area contributed by atoms with Crippen LogP contribution in [0.5, 0.6) is 0 Å². The third-order valence-corrected chi connectivity index (χ3v) is 3.46. The average molecular weight is 269 g/mol. The lowest BCUT2D eigenvalue weighted by atomic mass is 9.98. The van der Waals surface area contributed by atoms with Crippen molar-refractivity contribution in [2.45, 2.75) is 33.1 Å². The van der Waals surface area contributed by atoms with Crippen molar-refractivity contribution in [3.05, 3.63) is 28.8 Å². The molecule has 0 heterocycles. The monoisotopic (exact) mass is 268 g/mol. The normalized spacial score (nSPS) is 12.2. The Kier molecular flexibility index (Phi) is 6.16. The summed E-state index contributed by atoms with van der Waals surface area (Å²) in [5, 5.41) is 3.61. The third-order valence-electron chi connectivity index (χ3n) is 3.05. The molecule has 1 aromatic carbocycles. The SMILES string of the molecule is CCCC(CCN)C(=O)Nc1cccc(Cl)c1C. The van der Waals surface area contributed by atoms with Gasteiger partial charge in [-0.1, -0.05) is 31.0 Å². The van der Waals surface area contributed by atoms with Gasteiger partial charge in [-0.2, -0.15) is 0 Å². The zero-order valence-electron chi connectivity index (χ0n) is 11.0. The van der Waals surface area contributed by atoms with Crippen LogP contribution in [0.3, 0.4) is 0 Å². The number of nitrogens with two attached hydrogens (primary N) is 1. The second kappa shape index (κ2) is 7.39. The molecule has 0 aliphatic heterocycles. The Morgan fingerprint density at radius 2 is 2.17 bits per heavy atom. The van der Waals surface area contributed by atoms with Crippen molar-refractivity contribution in [3.8, 4) is 0 Å². The summed E-state index contributed by atoms with van der Waals surface area (Å²) in [4.78, 5) is 12.1. The van der Waals surface area contributed by atoms with Gasteiger partial charge in [0.1, 0.15) is 0 Å². The van der Waals surface area contributed by atoms with Crippen molar-refractivity contribution < 1.29 is 4.79 Å². The van der Waals surface area contributed by atoms with E-state index in [2.05, 4.69) is 12.2 Å². The lowest BCUT2D eigenvalue weighted by molar-refractivity contribution is -0.120. The third kappa shape index (κ3) is 4.00. The molecule has 0 saturated carbocycles. The first-order valence-corrected chi connectivity index (χ1v) is 6.74. The Morgan fingerprint density at radius 1 is 1.44 bits per heavy atom. The van der Waals surface area contributed by atoms with Gasteiger partial charge in [0.2, 0.25) is 5.91 Å². The van der Waals surface area contributed by atoms with E-state index in [0.717, 1.165) is 30.5 Å². The van der Waals surface area contributed by atoms with Crippen molar-refractivity contribution in [3.63, 3.8) is 0 Å². The highest BCUT2D eigenvalue weighted by Crippen LogP contribution is 2.24. The Labute approximate surface area is 114 Å². The summed E-state index contributed by atoms with van der Waals surface area (Å²) in [5.41, 5.74) is 7.23. The zero-order valence-corrected chi connectivity index (χ0v) is 11.8. The van der Waals surface area contributed by atoms with E-state index in [9.17, 15) is 4.79 Å². The van der Waals surface area contributed by atoms with Crippen molar-refractivity contribution >= 4 is 23.2 Å². The molecule has 0 bridgehead atoms. The van der Waals surface area contributed by atoms with Crippen molar-refractivity contribution in [2.24, 2.45) is 11.7 Å². The Bertz CT molecular complexity index is 401. The van der Waals surface area contributed by atoms with E-state index in [1.54, 1.807) is 0 Å². The maximum Gasteiger partial charge on any atom is 0.227 e. The topological polar surface area (TPSA) is 55.1 Å². The summed E-state index contributed by atoms with van der Waals surface area (Å²) in [5.74, 6) is 0.0195. The molecule has 1 atom stereocenters. The molecule has 3 nitrogen and oxygen atoms in total. The van der Waals surface area contributed by atoms with Crippen molar-refractivity contribution in [2.75, 3.05) is 11.9 Å². The zero-order chi connectivity index (χ0) is 13.5. The van der Waals surface area contributed by atoms with Gasteiger partial charge in [-0.15, -0.1) is 0 Å². The van der Waals surface area contributed by atoms with E-state index < -0.39 is 0 Å². The Morgan fingerprint density at radius 3 is 2.78 bits per heavy atom. The average Bonchev–Trinajstić information content (AvgIpc) is 2.34. The molecular formula is C14H21ClN2O. The Hall–Kier alpha value is -1.06. The first-order chi connectivity index (χ1) is 8.60. The summed E-state index contributed by atoms with van der Waals surface area (Å²) in [6.07, 6.45) is 2.56. The van der Waals surface area contributed by atoms with Gasteiger partial charge in [0.05, 0.1) is 0 Å². The second-order valence-corrected chi connectivity index (χ2v) is 4.87. The molecule has 1 aromatic rings. The lowest BCUT2D eigenvalue weighted by Crippen LogP contribution is -2.25. The summed E-state index contributed by atoms with van der Waals surface area (Å²) >= 11 is 6.03. The van der Waals surface area contributed by atoms with Gasteiger partial charge in [-0.05, 0) is 44.0 Å². The van der Waals surface area contributed by atoms with E-state index in [-0.39, 0.29) is 11.8 Å². The van der Waals surface area contributed by atoms with Crippen LogP contribution in [0, 0.1) is 12.8 Å². The van der Waals surface area contributed by atoms with Crippen LogP contribution in [-0.2, 0) is 4.79 Å². The molecular weight excluding hydrogens is 248 g/mol. The molecule has 0 aliphatic rings. The minimum atomic E-state index is -0.0154. The highest BCUT2D eigenvalue weighted by molar-refractivity contribution is 6.31. The van der Waals surface area contributed by atoms with Crippen LogP contribution in [0.25, 0.3) is 0 Å². The minimum absolute atomic E-state index is 0.0154. The van der Waals surface area contributed by atoms with Gasteiger partial charge < -0.3 is 11.1 Å². The molecule has 0 aromatic heterocycles. The fourth-order valence-electron chi connectivity index (χ4n) is 1.93. The van der Waals surface area contributed by atoms with E-state index in [1.807, 2.05) is 25.1 Å². The highest BCUT2D eigenvalue weighted by atomic mass is 35.5.